The Balaban J connectivity index is 1.71. The van der Waals surface area contributed by atoms with Crippen LogP contribution in [0.1, 0.15) is 22.3 Å². The molecule has 0 atom stereocenters. The number of benzene rings is 2. The van der Waals surface area contributed by atoms with Gasteiger partial charge in [0.15, 0.2) is 0 Å². The highest BCUT2D eigenvalue weighted by atomic mass is 16.3. The molecule has 3 heteroatoms. The second-order valence-corrected chi connectivity index (χ2v) is 6.17. The van der Waals surface area contributed by atoms with Gasteiger partial charge in [0, 0.05) is 24.5 Å². The first kappa shape index (κ1) is 15.3. The summed E-state index contributed by atoms with van der Waals surface area (Å²) in [6, 6.07) is 14.3. The molecule has 118 valence electrons. The molecule has 0 spiro atoms. The Morgan fingerprint density at radius 1 is 1.04 bits per heavy atom. The first-order chi connectivity index (χ1) is 11.0. The number of hydrogen-bond donors (Lipinski definition) is 0. The Bertz CT molecular complexity index is 830. The van der Waals surface area contributed by atoms with Crippen molar-refractivity contribution in [1.29, 1.82) is 0 Å². The lowest BCUT2D eigenvalue weighted by Gasteiger charge is -2.17. The molecule has 0 aliphatic carbocycles. The van der Waals surface area contributed by atoms with E-state index >= 15 is 0 Å². The van der Waals surface area contributed by atoms with Gasteiger partial charge in [-0.3, -0.25) is 4.79 Å². The van der Waals surface area contributed by atoms with Gasteiger partial charge in [-0.05, 0) is 31.0 Å². The van der Waals surface area contributed by atoms with Crippen molar-refractivity contribution in [2.45, 2.75) is 26.8 Å². The van der Waals surface area contributed by atoms with E-state index < -0.39 is 0 Å². The monoisotopic (exact) mass is 307 g/mol. The average molecular weight is 307 g/mol. The molecule has 0 N–H and O–H groups in total. The Kier molecular flexibility index (Phi) is 4.20. The summed E-state index contributed by atoms with van der Waals surface area (Å²) in [4.78, 5) is 14.2. The fourth-order valence-corrected chi connectivity index (χ4v) is 2.68. The van der Waals surface area contributed by atoms with E-state index in [1.165, 1.54) is 5.56 Å². The fraction of sp³-hybridized carbons (Fsp3) is 0.250. The molecule has 0 saturated heterocycles. The second-order valence-electron chi connectivity index (χ2n) is 6.17. The molecule has 1 aromatic heterocycles. The normalized spacial score (nSPS) is 10.9. The van der Waals surface area contributed by atoms with Gasteiger partial charge in [-0.2, -0.15) is 0 Å². The van der Waals surface area contributed by atoms with Gasteiger partial charge < -0.3 is 9.32 Å². The standard InChI is InChI=1S/C20H21NO2/c1-14-4-7-16(8-5-14)12-21(3)20(22)11-17-13-23-19-10-15(2)6-9-18(17)19/h4-10,13H,11-12H2,1-3H3. The number of likely N-dealkylation sites (N-methyl/N-ethyl adjacent to an activating group) is 1. The smallest absolute Gasteiger partial charge is 0.227 e. The molecule has 0 bridgehead atoms. The molecular weight excluding hydrogens is 286 g/mol. The van der Waals surface area contributed by atoms with E-state index in [9.17, 15) is 4.79 Å². The van der Waals surface area contributed by atoms with Crippen LogP contribution in [0.5, 0.6) is 0 Å². The Labute approximate surface area is 136 Å². The number of rotatable bonds is 4. The lowest BCUT2D eigenvalue weighted by Crippen LogP contribution is -2.27. The van der Waals surface area contributed by atoms with Crippen LogP contribution in [0.25, 0.3) is 11.0 Å². The summed E-state index contributed by atoms with van der Waals surface area (Å²) >= 11 is 0. The van der Waals surface area contributed by atoms with Crippen LogP contribution in [0.3, 0.4) is 0 Å². The van der Waals surface area contributed by atoms with Gasteiger partial charge in [-0.1, -0.05) is 42.0 Å². The summed E-state index contributed by atoms with van der Waals surface area (Å²) in [5, 5.41) is 1.02. The second kappa shape index (κ2) is 6.29. The Morgan fingerprint density at radius 2 is 1.74 bits per heavy atom. The number of carbonyl (C=O) groups excluding carboxylic acids is 1. The minimum Gasteiger partial charge on any atom is -0.464 e. The van der Waals surface area contributed by atoms with Crippen molar-refractivity contribution < 1.29 is 9.21 Å². The van der Waals surface area contributed by atoms with Crippen LogP contribution in [0.4, 0.5) is 0 Å². The van der Waals surface area contributed by atoms with Crippen LogP contribution < -0.4 is 0 Å². The number of furan rings is 1. The summed E-state index contributed by atoms with van der Waals surface area (Å²) in [5.74, 6) is 0.0915. The van der Waals surface area contributed by atoms with Crippen molar-refractivity contribution in [1.82, 2.24) is 4.90 Å². The maximum absolute atomic E-state index is 12.5. The molecule has 1 heterocycles. The zero-order valence-corrected chi connectivity index (χ0v) is 13.8. The van der Waals surface area contributed by atoms with Gasteiger partial charge in [-0.25, -0.2) is 0 Å². The van der Waals surface area contributed by atoms with E-state index in [0.717, 1.165) is 27.7 Å². The van der Waals surface area contributed by atoms with Gasteiger partial charge in [0.25, 0.3) is 0 Å². The van der Waals surface area contributed by atoms with Crippen LogP contribution in [0.2, 0.25) is 0 Å². The minimum atomic E-state index is 0.0915. The molecule has 0 unspecified atom stereocenters. The molecule has 3 rings (SSSR count). The highest BCUT2D eigenvalue weighted by molar-refractivity contribution is 5.87. The zero-order valence-electron chi connectivity index (χ0n) is 13.8. The van der Waals surface area contributed by atoms with Crippen molar-refractivity contribution >= 4 is 16.9 Å². The summed E-state index contributed by atoms with van der Waals surface area (Å²) in [6.07, 6.45) is 2.06. The van der Waals surface area contributed by atoms with E-state index in [2.05, 4.69) is 31.2 Å². The zero-order chi connectivity index (χ0) is 16.4. The lowest BCUT2D eigenvalue weighted by molar-refractivity contribution is -0.129. The fourth-order valence-electron chi connectivity index (χ4n) is 2.68. The van der Waals surface area contributed by atoms with E-state index in [1.807, 2.05) is 32.2 Å². The average Bonchev–Trinajstić information content (AvgIpc) is 2.91. The number of hydrogen-bond acceptors (Lipinski definition) is 2. The summed E-state index contributed by atoms with van der Waals surface area (Å²) < 4.78 is 5.57. The SMILES string of the molecule is Cc1ccc(CN(C)C(=O)Cc2coc3cc(C)ccc23)cc1. The minimum absolute atomic E-state index is 0.0915. The summed E-state index contributed by atoms with van der Waals surface area (Å²) in [6.45, 7) is 4.71. The van der Waals surface area contributed by atoms with Gasteiger partial charge >= 0.3 is 0 Å². The molecule has 23 heavy (non-hydrogen) atoms. The van der Waals surface area contributed by atoms with E-state index in [0.29, 0.717) is 13.0 Å². The Hall–Kier alpha value is -2.55. The summed E-state index contributed by atoms with van der Waals surface area (Å²) in [5.41, 5.74) is 5.30. The number of amides is 1. The third kappa shape index (κ3) is 3.45. The van der Waals surface area contributed by atoms with Crippen LogP contribution >= 0.6 is 0 Å². The van der Waals surface area contributed by atoms with Gasteiger partial charge in [0.1, 0.15) is 5.58 Å². The molecule has 0 aliphatic heterocycles. The predicted octanol–water partition coefficient (Wildman–Crippen LogP) is 4.25. The third-order valence-electron chi connectivity index (χ3n) is 4.12. The van der Waals surface area contributed by atoms with Crippen molar-refractivity contribution in [3.05, 3.63) is 71.0 Å². The van der Waals surface area contributed by atoms with Gasteiger partial charge in [-0.15, -0.1) is 0 Å². The largest absolute Gasteiger partial charge is 0.464 e. The van der Waals surface area contributed by atoms with E-state index in [4.69, 9.17) is 4.42 Å². The maximum atomic E-state index is 12.5. The number of fused-ring (bicyclic) bond motifs is 1. The van der Waals surface area contributed by atoms with Crippen LogP contribution in [0, 0.1) is 13.8 Å². The highest BCUT2D eigenvalue weighted by Gasteiger charge is 2.14. The van der Waals surface area contributed by atoms with Crippen molar-refractivity contribution in [3.8, 4) is 0 Å². The van der Waals surface area contributed by atoms with Crippen molar-refractivity contribution in [2.75, 3.05) is 7.05 Å². The molecule has 0 aliphatic rings. The predicted molar refractivity (Wildman–Crippen MR) is 92.3 cm³/mol. The topological polar surface area (TPSA) is 33.5 Å². The quantitative estimate of drug-likeness (QED) is 0.722. The molecule has 3 nitrogen and oxygen atoms in total. The molecule has 3 aromatic rings. The first-order valence-electron chi connectivity index (χ1n) is 7.79. The van der Waals surface area contributed by atoms with Crippen molar-refractivity contribution in [3.63, 3.8) is 0 Å². The van der Waals surface area contributed by atoms with E-state index in [-0.39, 0.29) is 5.91 Å². The number of aryl methyl sites for hydroxylation is 2. The Morgan fingerprint density at radius 3 is 2.48 bits per heavy atom. The molecule has 2 aromatic carbocycles. The van der Waals surface area contributed by atoms with E-state index in [1.54, 1.807) is 11.2 Å². The van der Waals surface area contributed by atoms with Crippen LogP contribution in [-0.2, 0) is 17.8 Å². The number of nitrogens with zero attached hydrogens (tertiary/aromatic N) is 1. The number of carbonyl (C=O) groups is 1. The molecular formula is C20H21NO2. The summed E-state index contributed by atoms with van der Waals surface area (Å²) in [7, 11) is 1.84. The molecule has 0 saturated carbocycles. The van der Waals surface area contributed by atoms with Gasteiger partial charge in [0.05, 0.1) is 12.7 Å². The molecule has 0 radical (unpaired) electrons. The maximum Gasteiger partial charge on any atom is 0.227 e. The third-order valence-corrected chi connectivity index (χ3v) is 4.12. The van der Waals surface area contributed by atoms with Crippen LogP contribution in [-0.4, -0.2) is 17.9 Å². The van der Waals surface area contributed by atoms with Crippen LogP contribution in [0.15, 0.2) is 53.1 Å². The molecule has 0 fully saturated rings. The van der Waals surface area contributed by atoms with Gasteiger partial charge in [0.2, 0.25) is 5.91 Å². The highest BCUT2D eigenvalue weighted by Crippen LogP contribution is 2.23. The first-order valence-corrected chi connectivity index (χ1v) is 7.79. The lowest BCUT2D eigenvalue weighted by atomic mass is 10.1. The van der Waals surface area contributed by atoms with Crippen molar-refractivity contribution in [2.24, 2.45) is 0 Å². The molecule has 1 amide bonds.